The van der Waals surface area contributed by atoms with Crippen molar-refractivity contribution >= 4 is 0 Å². The fraction of sp³-hybridized carbons (Fsp3) is 0.385. The summed E-state index contributed by atoms with van der Waals surface area (Å²) in [4.78, 5) is 4.46. The lowest BCUT2D eigenvalue weighted by Crippen LogP contribution is -2.35. The first-order valence-electron chi connectivity index (χ1n) is 5.90. The first-order chi connectivity index (χ1) is 8.14. The maximum atomic E-state index is 6.32. The van der Waals surface area contributed by atoms with Crippen molar-refractivity contribution in [1.82, 2.24) is 15.2 Å². The van der Waals surface area contributed by atoms with Crippen molar-refractivity contribution in [2.75, 3.05) is 0 Å². The molecular weight excluding hydrogens is 212 g/mol. The Kier molecular flexibility index (Phi) is 3.24. The highest BCUT2D eigenvalue weighted by atomic mass is 15.2. The predicted molar refractivity (Wildman–Crippen MR) is 67.5 cm³/mol. The van der Waals surface area contributed by atoms with Crippen LogP contribution >= 0.6 is 0 Å². The Morgan fingerprint density at radius 2 is 2.00 bits per heavy atom. The normalized spacial score (nSPS) is 14.5. The summed E-state index contributed by atoms with van der Waals surface area (Å²) >= 11 is 0. The van der Waals surface area contributed by atoms with Gasteiger partial charge in [0.05, 0.1) is 0 Å². The molecule has 1 aromatic carbocycles. The number of aryl methyl sites for hydroxylation is 1. The third kappa shape index (κ3) is 2.36. The molecule has 2 rings (SSSR count). The Morgan fingerprint density at radius 1 is 1.29 bits per heavy atom. The molecule has 0 aliphatic heterocycles. The standard InChI is InChI=1S/C13H18N4/c1-3-7-11-15-12(17-16-11)13(2,14)10-8-5-4-6-9-10/h4-6,8-9H,3,7,14H2,1-2H3,(H,15,16,17). The van der Waals surface area contributed by atoms with Crippen LogP contribution < -0.4 is 5.73 Å². The molecule has 0 bridgehead atoms. The van der Waals surface area contributed by atoms with Crippen LogP contribution in [0.15, 0.2) is 30.3 Å². The van der Waals surface area contributed by atoms with Gasteiger partial charge in [0.15, 0.2) is 5.82 Å². The maximum absolute atomic E-state index is 6.32. The molecule has 0 saturated carbocycles. The van der Waals surface area contributed by atoms with Crippen molar-refractivity contribution in [1.29, 1.82) is 0 Å². The Labute approximate surface area is 101 Å². The summed E-state index contributed by atoms with van der Waals surface area (Å²) in [6.07, 6.45) is 1.94. The van der Waals surface area contributed by atoms with E-state index >= 15 is 0 Å². The van der Waals surface area contributed by atoms with E-state index in [0.29, 0.717) is 5.82 Å². The molecule has 4 heteroatoms. The number of rotatable bonds is 4. The van der Waals surface area contributed by atoms with Crippen LogP contribution in [-0.2, 0) is 12.0 Å². The monoisotopic (exact) mass is 230 g/mol. The van der Waals surface area contributed by atoms with Crippen molar-refractivity contribution in [2.45, 2.75) is 32.2 Å². The van der Waals surface area contributed by atoms with Crippen molar-refractivity contribution < 1.29 is 0 Å². The first kappa shape index (κ1) is 11.8. The van der Waals surface area contributed by atoms with Gasteiger partial charge in [0.1, 0.15) is 11.4 Å². The van der Waals surface area contributed by atoms with Crippen molar-refractivity contribution in [3.8, 4) is 0 Å². The molecular formula is C13H18N4. The molecule has 90 valence electrons. The largest absolute Gasteiger partial charge is 0.315 e. The van der Waals surface area contributed by atoms with E-state index < -0.39 is 5.54 Å². The van der Waals surface area contributed by atoms with Crippen LogP contribution in [0.4, 0.5) is 0 Å². The van der Waals surface area contributed by atoms with E-state index in [4.69, 9.17) is 5.73 Å². The molecule has 0 aliphatic rings. The number of benzene rings is 1. The molecule has 0 amide bonds. The number of aromatic nitrogens is 3. The topological polar surface area (TPSA) is 67.6 Å². The van der Waals surface area contributed by atoms with Crippen LogP contribution in [0.2, 0.25) is 0 Å². The molecule has 0 radical (unpaired) electrons. The Hall–Kier alpha value is -1.68. The zero-order chi connectivity index (χ0) is 12.3. The molecule has 17 heavy (non-hydrogen) atoms. The highest BCUT2D eigenvalue weighted by Gasteiger charge is 2.28. The molecule has 1 heterocycles. The summed E-state index contributed by atoms with van der Waals surface area (Å²) in [6.45, 7) is 4.04. The van der Waals surface area contributed by atoms with E-state index in [1.54, 1.807) is 0 Å². The van der Waals surface area contributed by atoms with E-state index in [1.165, 1.54) is 0 Å². The minimum Gasteiger partial charge on any atom is -0.315 e. The Bertz CT molecular complexity index is 473. The lowest BCUT2D eigenvalue weighted by atomic mass is 9.92. The van der Waals surface area contributed by atoms with Gasteiger partial charge < -0.3 is 5.73 Å². The predicted octanol–water partition coefficient (Wildman–Crippen LogP) is 1.98. The van der Waals surface area contributed by atoms with Gasteiger partial charge in [-0.3, -0.25) is 5.10 Å². The zero-order valence-electron chi connectivity index (χ0n) is 10.3. The number of nitrogens with one attached hydrogen (secondary N) is 1. The molecule has 0 aliphatic carbocycles. The highest BCUT2D eigenvalue weighted by Crippen LogP contribution is 2.23. The lowest BCUT2D eigenvalue weighted by Gasteiger charge is -2.21. The average Bonchev–Trinajstić information content (AvgIpc) is 2.80. The minimum atomic E-state index is -0.649. The number of aromatic amines is 1. The van der Waals surface area contributed by atoms with Crippen molar-refractivity contribution in [2.24, 2.45) is 5.73 Å². The molecule has 0 spiro atoms. The highest BCUT2D eigenvalue weighted by molar-refractivity contribution is 5.29. The van der Waals surface area contributed by atoms with Gasteiger partial charge in [-0.25, -0.2) is 4.98 Å². The fourth-order valence-corrected chi connectivity index (χ4v) is 1.79. The summed E-state index contributed by atoms with van der Waals surface area (Å²) < 4.78 is 0. The molecule has 0 saturated heterocycles. The fourth-order valence-electron chi connectivity index (χ4n) is 1.79. The summed E-state index contributed by atoms with van der Waals surface area (Å²) in [5.74, 6) is 1.54. The van der Waals surface area contributed by atoms with E-state index in [9.17, 15) is 0 Å². The smallest absolute Gasteiger partial charge is 0.174 e. The maximum Gasteiger partial charge on any atom is 0.174 e. The van der Waals surface area contributed by atoms with Crippen LogP contribution in [0.25, 0.3) is 0 Å². The number of nitrogens with two attached hydrogens (primary N) is 1. The van der Waals surface area contributed by atoms with Crippen LogP contribution in [0, 0.1) is 0 Å². The van der Waals surface area contributed by atoms with Gasteiger partial charge in [-0.15, -0.1) is 0 Å². The molecule has 0 fully saturated rings. The van der Waals surface area contributed by atoms with Crippen LogP contribution in [0.1, 0.15) is 37.5 Å². The molecule has 2 aromatic rings. The van der Waals surface area contributed by atoms with Gasteiger partial charge in [0.25, 0.3) is 0 Å². The Balaban J connectivity index is 2.31. The average molecular weight is 230 g/mol. The third-order valence-electron chi connectivity index (χ3n) is 2.86. The van der Waals surface area contributed by atoms with Crippen molar-refractivity contribution in [3.63, 3.8) is 0 Å². The first-order valence-corrected chi connectivity index (χ1v) is 5.90. The second-order valence-corrected chi connectivity index (χ2v) is 4.42. The molecule has 1 atom stereocenters. The van der Waals surface area contributed by atoms with E-state index in [1.807, 2.05) is 37.3 Å². The number of nitrogens with zero attached hydrogens (tertiary/aromatic N) is 2. The quantitative estimate of drug-likeness (QED) is 0.844. The van der Waals surface area contributed by atoms with Crippen LogP contribution in [0.5, 0.6) is 0 Å². The van der Waals surface area contributed by atoms with Crippen LogP contribution in [0.3, 0.4) is 0 Å². The molecule has 1 unspecified atom stereocenters. The van der Waals surface area contributed by atoms with Crippen LogP contribution in [-0.4, -0.2) is 15.2 Å². The van der Waals surface area contributed by atoms with E-state index in [2.05, 4.69) is 22.1 Å². The Morgan fingerprint density at radius 3 is 2.65 bits per heavy atom. The second-order valence-electron chi connectivity index (χ2n) is 4.42. The molecule has 1 aromatic heterocycles. The summed E-state index contributed by atoms with van der Waals surface area (Å²) in [6, 6.07) is 9.91. The van der Waals surface area contributed by atoms with E-state index in [-0.39, 0.29) is 0 Å². The molecule has 4 nitrogen and oxygen atoms in total. The van der Waals surface area contributed by atoms with Crippen molar-refractivity contribution in [3.05, 3.63) is 47.5 Å². The SMILES string of the molecule is CCCc1nc(C(C)(N)c2ccccc2)n[nH]1. The summed E-state index contributed by atoms with van der Waals surface area (Å²) in [5, 5.41) is 7.16. The second kappa shape index (κ2) is 4.67. The van der Waals surface area contributed by atoms with Gasteiger partial charge in [-0.1, -0.05) is 37.3 Å². The summed E-state index contributed by atoms with van der Waals surface area (Å²) in [5.41, 5.74) is 6.69. The number of hydrogen-bond acceptors (Lipinski definition) is 3. The number of H-pyrrole nitrogens is 1. The van der Waals surface area contributed by atoms with Gasteiger partial charge >= 0.3 is 0 Å². The molecule has 3 N–H and O–H groups in total. The third-order valence-corrected chi connectivity index (χ3v) is 2.86. The number of hydrogen-bond donors (Lipinski definition) is 2. The van der Waals surface area contributed by atoms with Gasteiger partial charge in [-0.05, 0) is 18.9 Å². The lowest BCUT2D eigenvalue weighted by molar-refractivity contribution is 0.560. The van der Waals surface area contributed by atoms with E-state index in [0.717, 1.165) is 24.2 Å². The summed E-state index contributed by atoms with van der Waals surface area (Å²) in [7, 11) is 0. The van der Waals surface area contributed by atoms with Gasteiger partial charge in [0.2, 0.25) is 0 Å². The zero-order valence-corrected chi connectivity index (χ0v) is 10.3. The van der Waals surface area contributed by atoms with Gasteiger partial charge in [-0.2, -0.15) is 5.10 Å². The van der Waals surface area contributed by atoms with Gasteiger partial charge in [0, 0.05) is 6.42 Å². The minimum absolute atomic E-state index is 0.646.